The third kappa shape index (κ3) is 6.90. The third-order valence-electron chi connectivity index (χ3n) is 4.48. The fourth-order valence-electron chi connectivity index (χ4n) is 3.00. The fourth-order valence-corrected chi connectivity index (χ4v) is 3.74. The van der Waals surface area contributed by atoms with Crippen molar-refractivity contribution < 1.29 is 9.53 Å². The summed E-state index contributed by atoms with van der Waals surface area (Å²) in [6.45, 7) is 7.64. The van der Waals surface area contributed by atoms with E-state index in [9.17, 15) is 4.79 Å². The number of H-pyrrole nitrogens is 1. The maximum absolute atomic E-state index is 12.3. The molecule has 0 saturated carbocycles. The largest absolute Gasteiger partial charge is 0.486 e. The summed E-state index contributed by atoms with van der Waals surface area (Å²) in [7, 11) is 0. The number of nitrogens with one attached hydrogen (secondary N) is 2. The lowest BCUT2D eigenvalue weighted by atomic mass is 10.2. The molecule has 2 N–H and O–H groups in total. The first kappa shape index (κ1) is 23.0. The van der Waals surface area contributed by atoms with Crippen LogP contribution in [0.3, 0.4) is 0 Å². The van der Waals surface area contributed by atoms with Crippen molar-refractivity contribution in [2.45, 2.75) is 38.6 Å². The second kappa shape index (κ2) is 11.1. The molecule has 0 atom stereocenters. The minimum atomic E-state index is -0.113. The van der Waals surface area contributed by atoms with E-state index in [4.69, 9.17) is 16.3 Å². The summed E-state index contributed by atoms with van der Waals surface area (Å²) in [5, 5.41) is 11.0. The molecule has 0 bridgehead atoms. The molecule has 2 aromatic carbocycles. The fraction of sp³-hybridized carbons (Fsp3) is 0.318. The smallest absolute Gasteiger partial charge is 0.234 e. The number of halogens is 1. The van der Waals surface area contributed by atoms with Crippen LogP contribution in [0.5, 0.6) is 5.75 Å². The topological polar surface area (TPSA) is 83.1 Å². The van der Waals surface area contributed by atoms with E-state index in [1.54, 1.807) is 24.3 Å². The summed E-state index contributed by atoms with van der Waals surface area (Å²) < 4.78 is 5.63. The number of rotatable bonds is 10. The number of nitrogens with zero attached hydrogens (tertiary/aromatic N) is 3. The number of hydrogen-bond donors (Lipinski definition) is 2. The summed E-state index contributed by atoms with van der Waals surface area (Å²) in [6, 6.07) is 15.4. The van der Waals surface area contributed by atoms with Crippen molar-refractivity contribution in [2.24, 2.45) is 0 Å². The van der Waals surface area contributed by atoms with Gasteiger partial charge in [-0.05, 0) is 69.3 Å². The molecule has 1 aromatic heterocycles. The molecule has 0 aliphatic rings. The zero-order valence-electron chi connectivity index (χ0n) is 17.8. The number of carbonyl (C=O) groups is 1. The highest BCUT2D eigenvalue weighted by Gasteiger charge is 2.11. The van der Waals surface area contributed by atoms with Gasteiger partial charge in [0.05, 0.1) is 5.75 Å². The van der Waals surface area contributed by atoms with Gasteiger partial charge < -0.3 is 15.0 Å². The lowest BCUT2D eigenvalue weighted by Gasteiger charge is -2.27. The van der Waals surface area contributed by atoms with E-state index in [2.05, 4.69) is 46.2 Å². The molecule has 0 unspecified atom stereocenters. The number of benzene rings is 2. The molecule has 164 valence electrons. The second-order valence-corrected chi connectivity index (χ2v) is 8.45. The summed E-state index contributed by atoms with van der Waals surface area (Å²) in [5.41, 5.74) is 1.90. The summed E-state index contributed by atoms with van der Waals surface area (Å²) >= 11 is 7.12. The molecule has 3 aromatic rings. The van der Waals surface area contributed by atoms with Crippen LogP contribution in [0, 0.1) is 0 Å². The van der Waals surface area contributed by atoms with E-state index in [0.29, 0.717) is 27.8 Å². The van der Waals surface area contributed by atoms with Crippen LogP contribution >= 0.6 is 23.4 Å². The van der Waals surface area contributed by atoms with Gasteiger partial charge in [0.15, 0.2) is 5.82 Å². The second-order valence-electron chi connectivity index (χ2n) is 7.07. The van der Waals surface area contributed by atoms with E-state index in [0.717, 1.165) is 17.9 Å². The number of carbonyl (C=O) groups excluding carboxylic acids is 1. The molecular formula is C22H26ClN5O2S. The van der Waals surface area contributed by atoms with Crippen LogP contribution in [0.4, 0.5) is 11.4 Å². The number of ether oxygens (including phenoxy) is 1. The Bertz CT molecular complexity index is 976. The number of hydrogen-bond acceptors (Lipinski definition) is 6. The van der Waals surface area contributed by atoms with Crippen molar-refractivity contribution in [3.8, 4) is 5.75 Å². The Labute approximate surface area is 191 Å². The molecule has 9 heteroatoms. The number of aromatic nitrogens is 3. The predicted octanol–water partition coefficient (Wildman–Crippen LogP) is 5.00. The highest BCUT2D eigenvalue weighted by atomic mass is 35.5. The van der Waals surface area contributed by atoms with Crippen LogP contribution in [-0.4, -0.2) is 39.4 Å². The molecule has 1 amide bonds. The van der Waals surface area contributed by atoms with Gasteiger partial charge in [0, 0.05) is 29.0 Å². The molecule has 0 spiro atoms. The number of thioether (sulfide) groups is 1. The van der Waals surface area contributed by atoms with Crippen molar-refractivity contribution in [3.05, 3.63) is 59.4 Å². The lowest BCUT2D eigenvalue weighted by molar-refractivity contribution is -0.113. The minimum absolute atomic E-state index is 0.113. The minimum Gasteiger partial charge on any atom is -0.486 e. The average Bonchev–Trinajstić information content (AvgIpc) is 3.21. The van der Waals surface area contributed by atoms with Crippen molar-refractivity contribution in [2.75, 3.05) is 22.5 Å². The van der Waals surface area contributed by atoms with E-state index >= 15 is 0 Å². The quantitative estimate of drug-likeness (QED) is 0.415. The van der Waals surface area contributed by atoms with Crippen LogP contribution in [0.25, 0.3) is 0 Å². The lowest BCUT2D eigenvalue weighted by Crippen LogP contribution is -2.30. The van der Waals surface area contributed by atoms with Crippen molar-refractivity contribution in [1.82, 2.24) is 15.2 Å². The molecule has 0 aliphatic carbocycles. The molecule has 0 fully saturated rings. The molecule has 1 heterocycles. The van der Waals surface area contributed by atoms with E-state index < -0.39 is 0 Å². The summed E-state index contributed by atoms with van der Waals surface area (Å²) in [5.74, 6) is 1.37. The zero-order valence-corrected chi connectivity index (χ0v) is 19.3. The molecule has 7 nitrogen and oxygen atoms in total. The molecular weight excluding hydrogens is 434 g/mol. The molecule has 3 rings (SSSR count). The van der Waals surface area contributed by atoms with Crippen LogP contribution in [0.2, 0.25) is 5.02 Å². The molecule has 0 saturated heterocycles. The van der Waals surface area contributed by atoms with Crippen molar-refractivity contribution in [1.29, 1.82) is 0 Å². The Morgan fingerprint density at radius 3 is 2.55 bits per heavy atom. The van der Waals surface area contributed by atoms with E-state index in [1.807, 2.05) is 24.3 Å². The standard InChI is InChI=1S/C22H26ClN5O2S/c1-4-28(15(2)3)18-9-7-17(8-10-18)24-21(29)14-31-22-25-20(26-27-22)13-30-19-11-5-16(23)6-12-19/h5-12,15H,4,13-14H2,1-3H3,(H,24,29)(H,25,26,27). The van der Waals surface area contributed by atoms with Crippen molar-refractivity contribution >= 4 is 40.6 Å². The van der Waals surface area contributed by atoms with Gasteiger partial charge in [-0.15, -0.1) is 5.10 Å². The van der Waals surface area contributed by atoms with Gasteiger partial charge in [0.25, 0.3) is 0 Å². The first-order valence-corrected chi connectivity index (χ1v) is 11.4. The van der Waals surface area contributed by atoms with Gasteiger partial charge in [-0.1, -0.05) is 23.4 Å². The SMILES string of the molecule is CCN(c1ccc(NC(=O)CSc2n[nH]c(COc3ccc(Cl)cc3)n2)cc1)C(C)C. The Morgan fingerprint density at radius 2 is 1.90 bits per heavy atom. The Morgan fingerprint density at radius 1 is 1.19 bits per heavy atom. The molecule has 0 radical (unpaired) electrons. The number of anilines is 2. The van der Waals surface area contributed by atoms with Gasteiger partial charge in [-0.2, -0.15) is 0 Å². The Hall–Kier alpha value is -2.71. The van der Waals surface area contributed by atoms with Crippen LogP contribution in [-0.2, 0) is 11.4 Å². The van der Waals surface area contributed by atoms with Gasteiger partial charge >= 0.3 is 0 Å². The first-order chi connectivity index (χ1) is 14.9. The normalized spacial score (nSPS) is 10.9. The van der Waals surface area contributed by atoms with Crippen LogP contribution in [0.1, 0.15) is 26.6 Å². The van der Waals surface area contributed by atoms with Gasteiger partial charge in [0.2, 0.25) is 11.1 Å². The number of aromatic amines is 1. The molecule has 31 heavy (non-hydrogen) atoms. The summed E-state index contributed by atoms with van der Waals surface area (Å²) in [6.07, 6.45) is 0. The Kier molecular flexibility index (Phi) is 8.20. The number of amides is 1. The average molecular weight is 460 g/mol. The van der Waals surface area contributed by atoms with Gasteiger partial charge in [-0.3, -0.25) is 9.89 Å². The zero-order chi connectivity index (χ0) is 22.2. The monoisotopic (exact) mass is 459 g/mol. The van der Waals surface area contributed by atoms with Gasteiger partial charge in [0.1, 0.15) is 12.4 Å². The van der Waals surface area contributed by atoms with Crippen molar-refractivity contribution in [3.63, 3.8) is 0 Å². The van der Waals surface area contributed by atoms with Crippen LogP contribution < -0.4 is 15.0 Å². The third-order valence-corrected chi connectivity index (χ3v) is 5.58. The maximum Gasteiger partial charge on any atom is 0.234 e. The van der Waals surface area contributed by atoms with Crippen LogP contribution in [0.15, 0.2) is 53.7 Å². The predicted molar refractivity (Wildman–Crippen MR) is 126 cm³/mol. The Balaban J connectivity index is 1.45. The summed E-state index contributed by atoms with van der Waals surface area (Å²) in [4.78, 5) is 18.9. The maximum atomic E-state index is 12.3. The highest BCUT2D eigenvalue weighted by molar-refractivity contribution is 7.99. The van der Waals surface area contributed by atoms with E-state index in [1.165, 1.54) is 11.8 Å². The van der Waals surface area contributed by atoms with Gasteiger partial charge in [-0.25, -0.2) is 4.98 Å². The highest BCUT2D eigenvalue weighted by Crippen LogP contribution is 2.21. The molecule has 0 aliphatic heterocycles. The first-order valence-electron chi connectivity index (χ1n) is 10.0. The van der Waals surface area contributed by atoms with E-state index in [-0.39, 0.29) is 18.3 Å².